The van der Waals surface area contributed by atoms with Crippen LogP contribution >= 0.6 is 0 Å². The summed E-state index contributed by atoms with van der Waals surface area (Å²) in [7, 11) is 0. The molecule has 0 bridgehead atoms. The van der Waals surface area contributed by atoms with E-state index in [1.165, 1.54) is 161 Å². The highest BCUT2D eigenvalue weighted by Gasteiger charge is 2.19. The van der Waals surface area contributed by atoms with E-state index < -0.39 is 6.10 Å². The number of carbonyl (C=O) groups excluding carboxylic acids is 3. The van der Waals surface area contributed by atoms with E-state index in [-0.39, 0.29) is 31.1 Å². The molecule has 0 fully saturated rings. The van der Waals surface area contributed by atoms with E-state index in [1.54, 1.807) is 0 Å². The predicted molar refractivity (Wildman–Crippen MR) is 307 cm³/mol. The van der Waals surface area contributed by atoms with Crippen LogP contribution in [0.2, 0.25) is 0 Å². The predicted octanol–water partition coefficient (Wildman–Crippen LogP) is 20.5. The molecule has 0 aromatic heterocycles. The minimum absolute atomic E-state index is 0.0909. The van der Waals surface area contributed by atoms with Crippen molar-refractivity contribution in [3.8, 4) is 0 Å². The maximum atomic E-state index is 12.9. The SMILES string of the molecule is CCCCC/C=C/C/C=C/C/C=C/C/C=C/CCCCCC(=O)OC[C@@H](COC(=O)CCCCCCC/C=C/C/C=C/CCCCC)OC(=O)CCCCCCCCCCCCCCCCCCCCC. The van der Waals surface area contributed by atoms with Crippen LogP contribution in [0, 0.1) is 0 Å². The molecule has 0 aromatic carbocycles. The van der Waals surface area contributed by atoms with E-state index in [9.17, 15) is 14.4 Å². The first-order chi connectivity index (χ1) is 35.0. The lowest BCUT2D eigenvalue weighted by molar-refractivity contribution is -0.167. The minimum atomic E-state index is -0.794. The first-order valence-electron chi connectivity index (χ1n) is 30.4. The van der Waals surface area contributed by atoms with E-state index >= 15 is 0 Å². The molecule has 6 nitrogen and oxygen atoms in total. The van der Waals surface area contributed by atoms with Crippen molar-refractivity contribution in [2.24, 2.45) is 0 Å². The third-order valence-corrected chi connectivity index (χ3v) is 13.2. The Morgan fingerprint density at radius 3 is 0.831 bits per heavy atom. The van der Waals surface area contributed by atoms with Gasteiger partial charge in [0.25, 0.3) is 0 Å². The van der Waals surface area contributed by atoms with Crippen LogP contribution in [-0.2, 0) is 28.6 Å². The fraction of sp³-hybridized carbons (Fsp3) is 0.769. The van der Waals surface area contributed by atoms with Crippen LogP contribution in [0.5, 0.6) is 0 Å². The lowest BCUT2D eigenvalue weighted by atomic mass is 10.0. The van der Waals surface area contributed by atoms with E-state index in [1.807, 2.05) is 0 Å². The van der Waals surface area contributed by atoms with E-state index in [0.29, 0.717) is 19.3 Å². The van der Waals surface area contributed by atoms with Gasteiger partial charge in [-0.15, -0.1) is 0 Å². The Balaban J connectivity index is 4.43. The molecule has 0 radical (unpaired) electrons. The fourth-order valence-electron chi connectivity index (χ4n) is 8.57. The number of ether oxygens (including phenoxy) is 3. The maximum Gasteiger partial charge on any atom is 0.306 e. The number of hydrogen-bond donors (Lipinski definition) is 0. The van der Waals surface area contributed by atoms with Crippen molar-refractivity contribution in [1.82, 2.24) is 0 Å². The summed E-state index contributed by atoms with van der Waals surface area (Å²) in [5.74, 6) is -0.922. The molecule has 0 amide bonds. The topological polar surface area (TPSA) is 78.9 Å². The first-order valence-corrected chi connectivity index (χ1v) is 30.4. The standard InChI is InChI=1S/C65H114O6/c1-4-7-10-13-16-19-22-25-28-30-32-34-37-40-43-46-49-52-55-58-64(67)70-61-62(60-69-63(66)57-54-51-48-45-42-39-36-27-24-21-18-15-12-9-6-3)71-65(68)59-56-53-50-47-44-41-38-35-33-31-29-26-23-20-17-14-11-8-5-2/h16,18-19,21,25,27-28,32,34,36,40,43,62H,4-15,17,20,22-24,26,29-31,33,35,37-39,41-42,44-61H2,1-3H3/b19-16+,21-18+,28-25+,34-32+,36-27+,43-40+/t62-/m1/s1. The Morgan fingerprint density at radius 1 is 0.282 bits per heavy atom. The van der Waals surface area contributed by atoms with E-state index in [4.69, 9.17) is 14.2 Å². The van der Waals surface area contributed by atoms with Crippen molar-refractivity contribution in [1.29, 1.82) is 0 Å². The molecular weight excluding hydrogens is 877 g/mol. The molecule has 71 heavy (non-hydrogen) atoms. The Hall–Kier alpha value is -3.15. The highest BCUT2D eigenvalue weighted by atomic mass is 16.6. The summed E-state index contributed by atoms with van der Waals surface area (Å²) in [5.41, 5.74) is 0. The summed E-state index contributed by atoms with van der Waals surface area (Å²) in [6.07, 6.45) is 76.1. The van der Waals surface area contributed by atoms with Gasteiger partial charge in [-0.3, -0.25) is 14.4 Å². The van der Waals surface area contributed by atoms with Gasteiger partial charge in [0.05, 0.1) is 0 Å². The Bertz CT molecular complexity index is 1320. The molecule has 0 unspecified atom stereocenters. The second-order valence-corrected chi connectivity index (χ2v) is 20.3. The van der Waals surface area contributed by atoms with Crippen LogP contribution in [0.1, 0.15) is 303 Å². The van der Waals surface area contributed by atoms with Crippen LogP contribution in [-0.4, -0.2) is 37.2 Å². The zero-order valence-electron chi connectivity index (χ0n) is 47.0. The molecule has 0 saturated heterocycles. The summed E-state index contributed by atoms with van der Waals surface area (Å²) in [4.78, 5) is 38.2. The lowest BCUT2D eigenvalue weighted by Crippen LogP contribution is -2.30. The monoisotopic (exact) mass is 991 g/mol. The summed E-state index contributed by atoms with van der Waals surface area (Å²) in [5, 5.41) is 0. The van der Waals surface area contributed by atoms with Crippen LogP contribution in [0.25, 0.3) is 0 Å². The highest BCUT2D eigenvalue weighted by molar-refractivity contribution is 5.71. The Kier molecular flexibility index (Phi) is 56.8. The van der Waals surface area contributed by atoms with Crippen molar-refractivity contribution in [3.05, 3.63) is 72.9 Å². The molecule has 0 aliphatic heterocycles. The molecule has 0 N–H and O–H groups in total. The number of carbonyl (C=O) groups is 3. The summed E-state index contributed by atoms with van der Waals surface area (Å²) in [6.45, 7) is 6.58. The molecule has 1 atom stereocenters. The number of unbranched alkanes of at least 4 members (excludes halogenated alkanes) is 32. The second-order valence-electron chi connectivity index (χ2n) is 20.3. The third kappa shape index (κ3) is 57.6. The smallest absolute Gasteiger partial charge is 0.306 e. The number of allylic oxidation sites excluding steroid dienone is 12. The Morgan fingerprint density at radius 2 is 0.507 bits per heavy atom. The molecule has 0 heterocycles. The molecule has 0 aliphatic carbocycles. The minimum Gasteiger partial charge on any atom is -0.462 e. The van der Waals surface area contributed by atoms with Crippen molar-refractivity contribution < 1.29 is 28.6 Å². The van der Waals surface area contributed by atoms with Gasteiger partial charge in [0.15, 0.2) is 6.10 Å². The van der Waals surface area contributed by atoms with E-state index in [0.717, 1.165) is 103 Å². The number of rotatable bonds is 55. The fourth-order valence-corrected chi connectivity index (χ4v) is 8.57. The maximum absolute atomic E-state index is 12.9. The zero-order valence-corrected chi connectivity index (χ0v) is 47.0. The molecule has 6 heteroatoms. The van der Waals surface area contributed by atoms with Crippen molar-refractivity contribution in [2.45, 2.75) is 309 Å². The highest BCUT2D eigenvalue weighted by Crippen LogP contribution is 2.16. The normalized spacial score (nSPS) is 12.5. The molecule has 0 aliphatic rings. The molecule has 0 spiro atoms. The van der Waals surface area contributed by atoms with Crippen molar-refractivity contribution in [3.63, 3.8) is 0 Å². The average Bonchev–Trinajstić information content (AvgIpc) is 3.37. The largest absolute Gasteiger partial charge is 0.462 e. The number of hydrogen-bond acceptors (Lipinski definition) is 6. The molecule has 410 valence electrons. The molecule has 0 rings (SSSR count). The van der Waals surface area contributed by atoms with Crippen LogP contribution in [0.3, 0.4) is 0 Å². The quantitative estimate of drug-likeness (QED) is 0.0261. The van der Waals surface area contributed by atoms with Crippen molar-refractivity contribution in [2.75, 3.05) is 13.2 Å². The van der Waals surface area contributed by atoms with Crippen LogP contribution in [0.15, 0.2) is 72.9 Å². The van der Waals surface area contributed by atoms with Gasteiger partial charge < -0.3 is 14.2 Å². The third-order valence-electron chi connectivity index (χ3n) is 13.2. The molecular formula is C65H114O6. The van der Waals surface area contributed by atoms with Gasteiger partial charge in [-0.1, -0.05) is 261 Å². The van der Waals surface area contributed by atoms with Gasteiger partial charge in [-0.05, 0) is 96.3 Å². The van der Waals surface area contributed by atoms with Gasteiger partial charge in [0.2, 0.25) is 0 Å². The first kappa shape index (κ1) is 67.8. The van der Waals surface area contributed by atoms with E-state index in [2.05, 4.69) is 93.7 Å². The Labute approximate surface area is 440 Å². The van der Waals surface area contributed by atoms with Gasteiger partial charge in [0.1, 0.15) is 13.2 Å². The van der Waals surface area contributed by atoms with Crippen molar-refractivity contribution >= 4 is 17.9 Å². The summed E-state index contributed by atoms with van der Waals surface area (Å²) in [6, 6.07) is 0. The summed E-state index contributed by atoms with van der Waals surface area (Å²) >= 11 is 0. The average molecular weight is 992 g/mol. The van der Waals surface area contributed by atoms with Gasteiger partial charge in [-0.2, -0.15) is 0 Å². The second kappa shape index (κ2) is 59.4. The van der Waals surface area contributed by atoms with Crippen LogP contribution in [0.4, 0.5) is 0 Å². The summed E-state index contributed by atoms with van der Waals surface area (Å²) < 4.78 is 16.9. The molecule has 0 aromatic rings. The van der Waals surface area contributed by atoms with Gasteiger partial charge in [0, 0.05) is 19.3 Å². The van der Waals surface area contributed by atoms with Gasteiger partial charge in [-0.25, -0.2) is 0 Å². The van der Waals surface area contributed by atoms with Crippen LogP contribution < -0.4 is 0 Å². The molecule has 0 saturated carbocycles. The van der Waals surface area contributed by atoms with Gasteiger partial charge >= 0.3 is 17.9 Å². The zero-order chi connectivity index (χ0) is 51.4. The lowest BCUT2D eigenvalue weighted by Gasteiger charge is -2.18. The number of esters is 3.